The normalized spacial score (nSPS) is 12.0. The lowest BCUT2D eigenvalue weighted by Crippen LogP contribution is -1.71. The molecule has 0 atom stereocenters. The third kappa shape index (κ3) is 10.8. The van der Waals surface area contributed by atoms with Crippen LogP contribution in [0.25, 0.3) is 0 Å². The van der Waals surface area contributed by atoms with E-state index in [0.29, 0.717) is 0 Å². The number of aliphatic hydroxyl groups excluding tert-OH is 1. The summed E-state index contributed by atoms with van der Waals surface area (Å²) in [7, 11) is 0. The molecule has 72 valence electrons. The maximum Gasteiger partial charge on any atom is 0.0791 e. The summed E-state index contributed by atoms with van der Waals surface area (Å²) in [5.74, 6) is 0. The molecule has 0 radical (unpaired) electrons. The first-order valence-electron chi connectivity index (χ1n) is 4.65. The van der Waals surface area contributed by atoms with Crippen LogP contribution in [0, 0.1) is 0 Å². The molecular weight excluding hydrogens is 160 g/mol. The van der Waals surface area contributed by atoms with Crippen molar-refractivity contribution in [1.29, 1.82) is 0 Å². The van der Waals surface area contributed by atoms with Gasteiger partial charge in [-0.1, -0.05) is 37.0 Å². The number of unbranched alkanes of at least 4 members (excludes halogenated alkanes) is 3. The van der Waals surface area contributed by atoms with Gasteiger partial charge in [0, 0.05) is 0 Å². The summed E-state index contributed by atoms with van der Waals surface area (Å²) >= 11 is 0. The SMILES string of the molecule is C=CC=CCCCCC=C/C=C/O. The predicted molar refractivity (Wildman–Crippen MR) is 58.7 cm³/mol. The molecule has 0 fully saturated rings. The summed E-state index contributed by atoms with van der Waals surface area (Å²) in [5.41, 5.74) is 0. The number of rotatable bonds is 7. The van der Waals surface area contributed by atoms with Gasteiger partial charge < -0.3 is 5.11 Å². The molecule has 0 aromatic heterocycles. The third-order valence-electron chi connectivity index (χ3n) is 1.60. The summed E-state index contributed by atoms with van der Waals surface area (Å²) in [5, 5.41) is 8.32. The van der Waals surface area contributed by atoms with Crippen molar-refractivity contribution in [2.75, 3.05) is 0 Å². The average molecular weight is 178 g/mol. The topological polar surface area (TPSA) is 20.2 Å². The van der Waals surface area contributed by atoms with Gasteiger partial charge in [-0.25, -0.2) is 0 Å². The van der Waals surface area contributed by atoms with E-state index in [2.05, 4.69) is 18.7 Å². The highest BCUT2D eigenvalue weighted by molar-refractivity contribution is 4.99. The molecule has 0 bridgehead atoms. The van der Waals surface area contributed by atoms with E-state index in [1.165, 1.54) is 12.8 Å². The predicted octanol–water partition coefficient (Wildman–Crippen LogP) is 3.92. The lowest BCUT2D eigenvalue weighted by molar-refractivity contribution is 0.473. The van der Waals surface area contributed by atoms with E-state index in [1.54, 1.807) is 12.2 Å². The number of hydrogen-bond donors (Lipinski definition) is 1. The highest BCUT2D eigenvalue weighted by Crippen LogP contribution is 2.01. The van der Waals surface area contributed by atoms with Crippen LogP contribution in [-0.2, 0) is 0 Å². The van der Waals surface area contributed by atoms with Gasteiger partial charge in [-0.05, 0) is 31.8 Å². The molecule has 0 aliphatic heterocycles. The van der Waals surface area contributed by atoms with E-state index >= 15 is 0 Å². The van der Waals surface area contributed by atoms with Crippen molar-refractivity contribution in [3.63, 3.8) is 0 Å². The molecule has 13 heavy (non-hydrogen) atoms. The van der Waals surface area contributed by atoms with Crippen LogP contribution < -0.4 is 0 Å². The zero-order chi connectivity index (χ0) is 9.78. The van der Waals surface area contributed by atoms with Crippen molar-refractivity contribution < 1.29 is 5.11 Å². The Bertz CT molecular complexity index is 187. The zero-order valence-corrected chi connectivity index (χ0v) is 8.02. The van der Waals surface area contributed by atoms with Gasteiger partial charge in [0.05, 0.1) is 6.26 Å². The highest BCUT2D eigenvalue weighted by atomic mass is 16.2. The Hall–Kier alpha value is -1.24. The van der Waals surface area contributed by atoms with Gasteiger partial charge in [0.15, 0.2) is 0 Å². The van der Waals surface area contributed by atoms with Crippen molar-refractivity contribution in [1.82, 2.24) is 0 Å². The second-order valence-corrected chi connectivity index (χ2v) is 2.72. The van der Waals surface area contributed by atoms with E-state index in [1.807, 2.05) is 12.2 Å². The zero-order valence-electron chi connectivity index (χ0n) is 8.02. The monoisotopic (exact) mass is 178 g/mol. The molecule has 0 unspecified atom stereocenters. The van der Waals surface area contributed by atoms with Gasteiger partial charge in [0.2, 0.25) is 0 Å². The standard InChI is InChI=1S/C12H18O/c1-2-3-4-5-6-7-8-9-10-11-12-13/h2-4,9-13H,1,5-8H2/b4-3?,10-9?,12-11+. The molecule has 0 heterocycles. The Kier molecular flexibility index (Phi) is 9.73. The minimum atomic E-state index is 1.04. The van der Waals surface area contributed by atoms with Gasteiger partial charge >= 0.3 is 0 Å². The second-order valence-electron chi connectivity index (χ2n) is 2.72. The lowest BCUT2D eigenvalue weighted by atomic mass is 10.2. The van der Waals surface area contributed by atoms with Crippen LogP contribution in [0.3, 0.4) is 0 Å². The van der Waals surface area contributed by atoms with E-state index in [4.69, 9.17) is 5.11 Å². The summed E-state index contributed by atoms with van der Waals surface area (Å²) in [4.78, 5) is 0. The van der Waals surface area contributed by atoms with Gasteiger partial charge in [-0.15, -0.1) is 0 Å². The van der Waals surface area contributed by atoms with Crippen molar-refractivity contribution in [2.45, 2.75) is 25.7 Å². The van der Waals surface area contributed by atoms with Gasteiger partial charge in [-0.3, -0.25) is 0 Å². The summed E-state index contributed by atoms with van der Waals surface area (Å²) in [6.07, 6.45) is 17.1. The smallest absolute Gasteiger partial charge is 0.0791 e. The number of hydrogen-bond acceptors (Lipinski definition) is 1. The van der Waals surface area contributed by atoms with Crippen LogP contribution in [0.2, 0.25) is 0 Å². The quantitative estimate of drug-likeness (QED) is 0.356. The van der Waals surface area contributed by atoms with Gasteiger partial charge in [0.1, 0.15) is 0 Å². The molecule has 0 saturated carbocycles. The molecule has 1 N–H and O–H groups in total. The molecule has 0 spiro atoms. The van der Waals surface area contributed by atoms with Crippen LogP contribution in [0.15, 0.2) is 49.3 Å². The maximum atomic E-state index is 8.32. The average Bonchev–Trinajstić information content (AvgIpc) is 2.16. The minimum Gasteiger partial charge on any atom is -0.516 e. The molecule has 0 rings (SSSR count). The molecule has 0 aliphatic rings. The van der Waals surface area contributed by atoms with E-state index < -0.39 is 0 Å². The summed E-state index contributed by atoms with van der Waals surface area (Å²) in [6, 6.07) is 0. The van der Waals surface area contributed by atoms with Gasteiger partial charge in [-0.2, -0.15) is 0 Å². The van der Waals surface area contributed by atoms with Crippen LogP contribution in [0.5, 0.6) is 0 Å². The fraction of sp³-hybridized carbons (Fsp3) is 0.333. The van der Waals surface area contributed by atoms with E-state index in [9.17, 15) is 0 Å². The maximum absolute atomic E-state index is 8.32. The second kappa shape index (κ2) is 10.8. The van der Waals surface area contributed by atoms with Crippen molar-refractivity contribution in [2.24, 2.45) is 0 Å². The molecule has 0 aliphatic carbocycles. The first-order chi connectivity index (χ1) is 6.41. The Labute approximate surface area is 80.8 Å². The van der Waals surface area contributed by atoms with E-state index in [-0.39, 0.29) is 0 Å². The van der Waals surface area contributed by atoms with Crippen LogP contribution in [-0.4, -0.2) is 5.11 Å². The van der Waals surface area contributed by atoms with Gasteiger partial charge in [0.25, 0.3) is 0 Å². The van der Waals surface area contributed by atoms with E-state index in [0.717, 1.165) is 19.1 Å². The first kappa shape index (κ1) is 11.8. The third-order valence-corrected chi connectivity index (χ3v) is 1.60. The summed E-state index contributed by atoms with van der Waals surface area (Å²) in [6.45, 7) is 3.60. The lowest BCUT2D eigenvalue weighted by Gasteiger charge is -1.91. The molecule has 0 amide bonds. The van der Waals surface area contributed by atoms with Crippen LogP contribution >= 0.6 is 0 Å². The fourth-order valence-corrected chi connectivity index (χ4v) is 0.941. The molecule has 1 heteroatoms. The Morgan fingerprint density at radius 1 is 0.923 bits per heavy atom. The molecule has 0 aromatic rings. The largest absolute Gasteiger partial charge is 0.516 e. The van der Waals surface area contributed by atoms with Crippen molar-refractivity contribution >= 4 is 0 Å². The Morgan fingerprint density at radius 2 is 1.54 bits per heavy atom. The Balaban J connectivity index is 3.16. The molecular formula is C12H18O. The van der Waals surface area contributed by atoms with Crippen molar-refractivity contribution in [3.05, 3.63) is 49.3 Å². The Morgan fingerprint density at radius 3 is 2.08 bits per heavy atom. The highest BCUT2D eigenvalue weighted by Gasteiger charge is 1.81. The summed E-state index contributed by atoms with van der Waals surface area (Å²) < 4.78 is 0. The fourth-order valence-electron chi connectivity index (χ4n) is 0.941. The minimum absolute atomic E-state index is 1.04. The van der Waals surface area contributed by atoms with Crippen LogP contribution in [0.1, 0.15) is 25.7 Å². The molecule has 0 aromatic carbocycles. The van der Waals surface area contributed by atoms with Crippen molar-refractivity contribution in [3.8, 4) is 0 Å². The molecule has 0 saturated heterocycles. The van der Waals surface area contributed by atoms with Crippen LogP contribution in [0.4, 0.5) is 0 Å². The molecule has 1 nitrogen and oxygen atoms in total. The number of aliphatic hydroxyl groups is 1. The first-order valence-corrected chi connectivity index (χ1v) is 4.65. The number of allylic oxidation sites excluding steroid dienone is 6.